The van der Waals surface area contributed by atoms with E-state index < -0.39 is 0 Å². The van der Waals surface area contributed by atoms with Crippen molar-refractivity contribution in [3.63, 3.8) is 0 Å². The summed E-state index contributed by atoms with van der Waals surface area (Å²) in [5, 5.41) is 14.6. The predicted molar refractivity (Wildman–Crippen MR) is 142 cm³/mol. The fourth-order valence-electron chi connectivity index (χ4n) is 5.27. The molecule has 1 saturated carbocycles. The first-order valence-corrected chi connectivity index (χ1v) is 13.4. The zero-order valence-corrected chi connectivity index (χ0v) is 22.1. The maximum absolute atomic E-state index is 13.2. The summed E-state index contributed by atoms with van der Waals surface area (Å²) in [5.41, 5.74) is 4.51. The number of rotatable bonds is 7. The molecule has 1 aliphatic heterocycles. The summed E-state index contributed by atoms with van der Waals surface area (Å²) >= 11 is 1.49. The van der Waals surface area contributed by atoms with Crippen molar-refractivity contribution in [3.8, 4) is 10.4 Å². The molecule has 2 amide bonds. The molecule has 0 unspecified atom stereocenters. The first-order valence-electron chi connectivity index (χ1n) is 12.6. The van der Waals surface area contributed by atoms with Crippen LogP contribution in [0.2, 0.25) is 0 Å². The topological polar surface area (TPSA) is 109 Å². The molecule has 2 N–H and O–H groups in total. The second-order valence-electron chi connectivity index (χ2n) is 10.1. The third-order valence-electron chi connectivity index (χ3n) is 8.01. The minimum absolute atomic E-state index is 0.186. The fraction of sp³-hybridized carbons (Fsp3) is 0.423. The normalized spacial score (nSPS) is 16.5. The van der Waals surface area contributed by atoms with Crippen molar-refractivity contribution in [2.24, 2.45) is 7.05 Å². The number of fused-ring (bicyclic) bond motifs is 1. The van der Waals surface area contributed by atoms with E-state index in [0.29, 0.717) is 34.6 Å². The SMILES string of the molecule is Cc1ncc(C(=O)NCCN2CCC23CCC3)cc1NC(=O)c1cnn2cc(-c3cnn(C)c3C)sc12. The van der Waals surface area contributed by atoms with E-state index in [1.165, 1.54) is 37.0 Å². The Balaban J connectivity index is 1.14. The quantitative estimate of drug-likeness (QED) is 0.388. The highest BCUT2D eigenvalue weighted by molar-refractivity contribution is 7.21. The van der Waals surface area contributed by atoms with E-state index in [9.17, 15) is 9.59 Å². The van der Waals surface area contributed by atoms with Crippen LogP contribution in [0, 0.1) is 13.8 Å². The predicted octanol–water partition coefficient (Wildman–Crippen LogP) is 3.42. The standard InChI is InChI=1S/C26H30N8O2S/c1-16-21(11-18(12-28-16)23(35)27-8-10-33-9-7-26(33)5-4-6-26)31-24(36)20-14-30-34-15-22(37-25(20)34)19-13-29-32(3)17(19)2/h11-15H,4-10H2,1-3H3,(H,27,35)(H,31,36). The van der Waals surface area contributed by atoms with Crippen LogP contribution in [0.5, 0.6) is 0 Å². The zero-order chi connectivity index (χ0) is 25.7. The smallest absolute Gasteiger partial charge is 0.260 e. The van der Waals surface area contributed by atoms with E-state index in [0.717, 1.165) is 34.1 Å². The number of nitrogens with zero attached hydrogens (tertiary/aromatic N) is 6. The molecule has 0 aromatic carbocycles. The van der Waals surface area contributed by atoms with E-state index in [4.69, 9.17) is 0 Å². The second-order valence-corrected chi connectivity index (χ2v) is 11.1. The summed E-state index contributed by atoms with van der Waals surface area (Å²) < 4.78 is 3.53. The van der Waals surface area contributed by atoms with Gasteiger partial charge >= 0.3 is 0 Å². The summed E-state index contributed by atoms with van der Waals surface area (Å²) in [5.74, 6) is -0.480. The summed E-state index contributed by atoms with van der Waals surface area (Å²) in [6.45, 7) is 6.40. The molecular weight excluding hydrogens is 488 g/mol. The van der Waals surface area contributed by atoms with Crippen LogP contribution in [-0.2, 0) is 7.05 Å². The van der Waals surface area contributed by atoms with Gasteiger partial charge in [0.05, 0.1) is 39.8 Å². The molecule has 4 aromatic rings. The lowest BCUT2D eigenvalue weighted by molar-refractivity contribution is -0.0708. The Morgan fingerprint density at radius 2 is 1.95 bits per heavy atom. The van der Waals surface area contributed by atoms with Crippen molar-refractivity contribution in [3.05, 3.63) is 53.4 Å². The molecule has 4 aromatic heterocycles. The lowest BCUT2D eigenvalue weighted by Crippen LogP contribution is -2.64. The van der Waals surface area contributed by atoms with Crippen molar-refractivity contribution in [1.82, 2.24) is 34.6 Å². The van der Waals surface area contributed by atoms with Gasteiger partial charge in [-0.1, -0.05) is 0 Å². The summed E-state index contributed by atoms with van der Waals surface area (Å²) in [4.78, 5) is 34.6. The number of aryl methyl sites for hydroxylation is 2. The molecule has 10 nitrogen and oxygen atoms in total. The number of hydrogen-bond acceptors (Lipinski definition) is 7. The first-order chi connectivity index (χ1) is 17.8. The molecule has 192 valence electrons. The van der Waals surface area contributed by atoms with Crippen molar-refractivity contribution in [2.75, 3.05) is 25.0 Å². The van der Waals surface area contributed by atoms with Crippen molar-refractivity contribution < 1.29 is 9.59 Å². The summed E-state index contributed by atoms with van der Waals surface area (Å²) in [6, 6.07) is 1.69. The van der Waals surface area contributed by atoms with Crippen molar-refractivity contribution in [1.29, 1.82) is 0 Å². The number of aromatic nitrogens is 5. The molecule has 1 saturated heterocycles. The van der Waals surface area contributed by atoms with Gasteiger partial charge in [-0.15, -0.1) is 11.3 Å². The van der Waals surface area contributed by atoms with Crippen molar-refractivity contribution >= 4 is 33.7 Å². The maximum atomic E-state index is 13.2. The Kier molecular flexibility index (Phi) is 5.84. The number of hydrogen-bond donors (Lipinski definition) is 2. The van der Waals surface area contributed by atoms with Gasteiger partial charge in [0, 0.05) is 55.9 Å². The molecule has 6 rings (SSSR count). The number of nitrogens with one attached hydrogen (secondary N) is 2. The lowest BCUT2D eigenvalue weighted by Gasteiger charge is -2.59. The molecule has 1 spiro atoms. The third-order valence-corrected chi connectivity index (χ3v) is 9.15. The Labute approximate surface area is 218 Å². The number of amides is 2. The maximum Gasteiger partial charge on any atom is 0.260 e. The van der Waals surface area contributed by atoms with Crippen LogP contribution in [0.4, 0.5) is 5.69 Å². The highest BCUT2D eigenvalue weighted by Gasteiger charge is 2.48. The molecule has 0 bridgehead atoms. The van der Waals surface area contributed by atoms with Gasteiger partial charge < -0.3 is 10.6 Å². The van der Waals surface area contributed by atoms with Crippen molar-refractivity contribution in [2.45, 2.75) is 45.1 Å². The van der Waals surface area contributed by atoms with E-state index in [1.54, 1.807) is 29.9 Å². The zero-order valence-electron chi connectivity index (χ0n) is 21.2. The Bertz CT molecular complexity index is 1510. The van der Waals surface area contributed by atoms with Gasteiger partial charge in [0.1, 0.15) is 4.83 Å². The van der Waals surface area contributed by atoms with Crippen LogP contribution < -0.4 is 10.6 Å². The molecule has 11 heteroatoms. The minimum atomic E-state index is -0.294. The van der Waals surface area contributed by atoms with Gasteiger partial charge in [-0.05, 0) is 45.6 Å². The highest BCUT2D eigenvalue weighted by atomic mass is 32.1. The fourth-order valence-corrected chi connectivity index (χ4v) is 6.39. The van der Waals surface area contributed by atoms with Crippen LogP contribution >= 0.6 is 11.3 Å². The molecule has 1 aliphatic carbocycles. The number of likely N-dealkylation sites (tertiary alicyclic amines) is 1. The van der Waals surface area contributed by atoms with Gasteiger partial charge in [-0.3, -0.25) is 24.2 Å². The van der Waals surface area contributed by atoms with Crippen LogP contribution in [0.25, 0.3) is 15.3 Å². The Morgan fingerprint density at radius 1 is 1.11 bits per heavy atom. The molecule has 2 aliphatic rings. The van der Waals surface area contributed by atoms with Crippen LogP contribution in [0.3, 0.4) is 0 Å². The number of carbonyl (C=O) groups excluding carboxylic acids is 2. The first kappa shape index (κ1) is 23.8. The van der Waals surface area contributed by atoms with Crippen LogP contribution in [0.15, 0.2) is 30.9 Å². The van der Waals surface area contributed by atoms with Gasteiger partial charge in [-0.25, -0.2) is 4.52 Å². The molecule has 5 heterocycles. The molecule has 2 fully saturated rings. The van der Waals surface area contributed by atoms with E-state index in [2.05, 4.69) is 30.7 Å². The number of pyridine rings is 1. The van der Waals surface area contributed by atoms with E-state index >= 15 is 0 Å². The third kappa shape index (κ3) is 4.11. The molecular formula is C26H30N8O2S. The van der Waals surface area contributed by atoms with E-state index in [1.807, 2.05) is 31.0 Å². The minimum Gasteiger partial charge on any atom is -0.351 e. The summed E-state index contributed by atoms with van der Waals surface area (Å²) in [7, 11) is 1.90. The van der Waals surface area contributed by atoms with Gasteiger partial charge in [0.25, 0.3) is 11.8 Å². The highest BCUT2D eigenvalue weighted by Crippen LogP contribution is 2.46. The van der Waals surface area contributed by atoms with E-state index in [-0.39, 0.29) is 11.8 Å². The van der Waals surface area contributed by atoms with Crippen LogP contribution in [0.1, 0.15) is 57.8 Å². The lowest BCUT2D eigenvalue weighted by atomic mass is 9.68. The number of thiazole rings is 1. The monoisotopic (exact) mass is 518 g/mol. The number of carbonyl (C=O) groups is 2. The molecule has 0 radical (unpaired) electrons. The second kappa shape index (κ2) is 9.07. The van der Waals surface area contributed by atoms with Crippen LogP contribution in [-0.4, -0.2) is 66.3 Å². The van der Waals surface area contributed by atoms with Gasteiger partial charge in [-0.2, -0.15) is 10.2 Å². The summed E-state index contributed by atoms with van der Waals surface area (Å²) in [6.07, 6.45) is 12.0. The van der Waals surface area contributed by atoms with Gasteiger partial charge in [0.2, 0.25) is 0 Å². The Morgan fingerprint density at radius 3 is 2.62 bits per heavy atom. The average Bonchev–Trinajstić information content (AvgIpc) is 3.51. The average molecular weight is 519 g/mol. The Hall–Kier alpha value is -3.57. The molecule has 37 heavy (non-hydrogen) atoms. The number of anilines is 1. The molecule has 0 atom stereocenters. The largest absolute Gasteiger partial charge is 0.351 e. The van der Waals surface area contributed by atoms with Gasteiger partial charge in [0.15, 0.2) is 0 Å².